The maximum Gasteiger partial charge on any atom is 0.412 e. The van der Waals surface area contributed by atoms with Crippen molar-refractivity contribution < 1.29 is 23.8 Å². The highest BCUT2D eigenvalue weighted by atomic mass is 35.5. The Balaban J connectivity index is 1.38. The summed E-state index contributed by atoms with van der Waals surface area (Å²) >= 11 is 7.64. The fourth-order valence-electron chi connectivity index (χ4n) is 4.45. The zero-order chi connectivity index (χ0) is 27.0. The van der Waals surface area contributed by atoms with E-state index in [1.165, 1.54) is 12.1 Å². The van der Waals surface area contributed by atoms with Gasteiger partial charge in [-0.25, -0.2) is 9.18 Å². The zero-order valence-electron chi connectivity index (χ0n) is 20.6. The third-order valence-electron chi connectivity index (χ3n) is 6.85. The van der Waals surface area contributed by atoms with Crippen molar-refractivity contribution in [2.75, 3.05) is 5.32 Å². The van der Waals surface area contributed by atoms with Gasteiger partial charge in [0.15, 0.2) is 0 Å². The number of aromatic nitrogens is 1. The fraction of sp³-hybridized carbons (Fsp3) is 0.207. The van der Waals surface area contributed by atoms with E-state index in [1.54, 1.807) is 38.1 Å². The van der Waals surface area contributed by atoms with Crippen LogP contribution in [-0.4, -0.2) is 21.5 Å². The molecular formula is C29H24ClFN2O4S. The van der Waals surface area contributed by atoms with Crippen molar-refractivity contribution in [2.45, 2.75) is 38.2 Å². The van der Waals surface area contributed by atoms with Crippen molar-refractivity contribution in [1.82, 2.24) is 4.37 Å². The first kappa shape index (κ1) is 25.9. The number of carbonyl (C=O) groups excluding carboxylic acids is 1. The molecule has 1 saturated carbocycles. The predicted octanol–water partition coefficient (Wildman–Crippen LogP) is 8.00. The number of ether oxygens (including phenoxy) is 1. The predicted molar refractivity (Wildman–Crippen MR) is 146 cm³/mol. The first-order valence-electron chi connectivity index (χ1n) is 12.0. The van der Waals surface area contributed by atoms with Crippen LogP contribution in [-0.2, 0) is 14.9 Å². The highest BCUT2D eigenvalue weighted by Gasteiger charge is 2.51. The number of halogens is 2. The van der Waals surface area contributed by atoms with E-state index < -0.39 is 29.4 Å². The van der Waals surface area contributed by atoms with E-state index in [1.807, 2.05) is 30.3 Å². The Bertz CT molecular complexity index is 1520. The minimum Gasteiger partial charge on any atom is -0.481 e. The van der Waals surface area contributed by atoms with Gasteiger partial charge in [0.25, 0.3) is 0 Å². The molecule has 5 rings (SSSR count). The number of nitrogens with one attached hydrogen (secondary N) is 1. The van der Waals surface area contributed by atoms with Crippen LogP contribution in [0.5, 0.6) is 0 Å². The molecule has 1 amide bonds. The quantitative estimate of drug-likeness (QED) is 0.243. The molecule has 1 fully saturated rings. The number of aryl methyl sites for hydroxylation is 1. The number of carbonyl (C=O) groups is 2. The number of anilines is 1. The van der Waals surface area contributed by atoms with E-state index in [0.29, 0.717) is 45.2 Å². The Morgan fingerprint density at radius 2 is 1.79 bits per heavy atom. The van der Waals surface area contributed by atoms with Gasteiger partial charge >= 0.3 is 12.1 Å². The van der Waals surface area contributed by atoms with Gasteiger partial charge in [-0.05, 0) is 67.0 Å². The number of rotatable bonds is 7. The maximum absolute atomic E-state index is 15.4. The van der Waals surface area contributed by atoms with Crippen LogP contribution in [0, 0.1) is 12.7 Å². The van der Waals surface area contributed by atoms with Gasteiger partial charge in [0.2, 0.25) is 0 Å². The minimum atomic E-state index is -0.832. The van der Waals surface area contributed by atoms with Crippen molar-refractivity contribution >= 4 is 40.9 Å². The number of hydrogen-bond acceptors (Lipinski definition) is 5. The molecule has 1 atom stereocenters. The molecule has 2 N–H and O–H groups in total. The van der Waals surface area contributed by atoms with Gasteiger partial charge in [-0.15, -0.1) is 0 Å². The number of hydrogen-bond donors (Lipinski definition) is 2. The van der Waals surface area contributed by atoms with Crippen molar-refractivity contribution in [3.63, 3.8) is 0 Å². The third kappa shape index (κ3) is 4.89. The Labute approximate surface area is 228 Å². The Hall–Kier alpha value is -3.75. The fourth-order valence-corrected chi connectivity index (χ4v) is 5.58. The lowest BCUT2D eigenvalue weighted by Crippen LogP contribution is -2.19. The highest BCUT2D eigenvalue weighted by Crippen LogP contribution is 2.49. The van der Waals surface area contributed by atoms with Gasteiger partial charge in [-0.1, -0.05) is 66.2 Å². The SMILES string of the molecule is Cc1nsc(-c2cc(Cl)c(-c3ccc(C4(C(=O)O)CC4)cc3)cc2F)c1NC(=O)O[C@H](C)c1ccccc1. The van der Waals surface area contributed by atoms with E-state index in [9.17, 15) is 14.7 Å². The monoisotopic (exact) mass is 550 g/mol. The molecule has 0 saturated heterocycles. The number of benzene rings is 3. The van der Waals surface area contributed by atoms with Gasteiger partial charge in [0.05, 0.1) is 21.7 Å². The summed E-state index contributed by atoms with van der Waals surface area (Å²) in [5, 5.41) is 12.6. The number of carboxylic acid groups (broad SMARTS) is 1. The largest absolute Gasteiger partial charge is 0.481 e. The summed E-state index contributed by atoms with van der Waals surface area (Å²) in [6.45, 7) is 3.49. The summed E-state index contributed by atoms with van der Waals surface area (Å²) in [7, 11) is 0. The van der Waals surface area contributed by atoms with Crippen molar-refractivity contribution in [2.24, 2.45) is 0 Å². The topological polar surface area (TPSA) is 88.5 Å². The summed E-state index contributed by atoms with van der Waals surface area (Å²) in [6, 6.07) is 19.2. The lowest BCUT2D eigenvalue weighted by molar-refractivity contribution is -0.140. The molecule has 1 heterocycles. The molecule has 1 aliphatic carbocycles. The van der Waals surface area contributed by atoms with E-state index in [4.69, 9.17) is 16.3 Å². The average molecular weight is 551 g/mol. The van der Waals surface area contributed by atoms with Crippen molar-refractivity contribution in [3.05, 3.63) is 94.4 Å². The molecule has 0 aliphatic heterocycles. The molecule has 6 nitrogen and oxygen atoms in total. The number of nitrogens with zero attached hydrogens (tertiary/aromatic N) is 1. The minimum absolute atomic E-state index is 0.204. The molecule has 1 aromatic heterocycles. The molecule has 9 heteroatoms. The molecule has 0 spiro atoms. The number of amides is 1. The summed E-state index contributed by atoms with van der Waals surface area (Å²) in [5.74, 6) is -1.36. The molecule has 0 unspecified atom stereocenters. The van der Waals surface area contributed by atoms with Crippen LogP contribution in [0.1, 0.15) is 42.7 Å². The Morgan fingerprint density at radius 1 is 1.11 bits per heavy atom. The average Bonchev–Trinajstić information content (AvgIpc) is 3.65. The van der Waals surface area contributed by atoms with Gasteiger partial charge in [-0.3, -0.25) is 10.1 Å². The van der Waals surface area contributed by atoms with Crippen LogP contribution >= 0.6 is 23.1 Å². The zero-order valence-corrected chi connectivity index (χ0v) is 22.2. The highest BCUT2D eigenvalue weighted by molar-refractivity contribution is 7.10. The van der Waals surface area contributed by atoms with Crippen LogP contribution in [0.4, 0.5) is 14.9 Å². The molecule has 1 aliphatic rings. The third-order valence-corrected chi connectivity index (χ3v) is 8.14. The number of aliphatic carboxylic acids is 1. The maximum atomic E-state index is 15.4. The van der Waals surface area contributed by atoms with Crippen LogP contribution in [0.2, 0.25) is 5.02 Å². The van der Waals surface area contributed by atoms with E-state index in [0.717, 1.165) is 22.7 Å². The van der Waals surface area contributed by atoms with E-state index in [2.05, 4.69) is 9.69 Å². The first-order chi connectivity index (χ1) is 18.2. The first-order valence-corrected chi connectivity index (χ1v) is 13.2. The van der Waals surface area contributed by atoms with Gasteiger partial charge in [0, 0.05) is 16.1 Å². The van der Waals surface area contributed by atoms with Crippen LogP contribution in [0.3, 0.4) is 0 Å². The summed E-state index contributed by atoms with van der Waals surface area (Å²) in [5.41, 5.74) is 2.99. The van der Waals surface area contributed by atoms with Crippen molar-refractivity contribution in [1.29, 1.82) is 0 Å². The summed E-state index contributed by atoms with van der Waals surface area (Å²) in [6.07, 6.45) is 0.0575. The molecule has 0 bridgehead atoms. The Kier molecular flexibility index (Phi) is 6.94. The molecule has 38 heavy (non-hydrogen) atoms. The second kappa shape index (κ2) is 10.2. The number of carboxylic acids is 1. The molecular weight excluding hydrogens is 527 g/mol. The second-order valence-electron chi connectivity index (χ2n) is 9.33. The van der Waals surface area contributed by atoms with E-state index >= 15 is 4.39 Å². The van der Waals surface area contributed by atoms with E-state index in [-0.39, 0.29) is 5.56 Å². The van der Waals surface area contributed by atoms with Gasteiger partial charge in [-0.2, -0.15) is 4.37 Å². The van der Waals surface area contributed by atoms with Crippen LogP contribution in [0.15, 0.2) is 66.7 Å². The van der Waals surface area contributed by atoms with Crippen LogP contribution < -0.4 is 5.32 Å². The normalized spacial score (nSPS) is 14.5. The molecule has 194 valence electrons. The lowest BCUT2D eigenvalue weighted by Gasteiger charge is -2.15. The molecule has 4 aromatic rings. The lowest BCUT2D eigenvalue weighted by atomic mass is 9.93. The van der Waals surface area contributed by atoms with Crippen LogP contribution in [0.25, 0.3) is 21.6 Å². The second-order valence-corrected chi connectivity index (χ2v) is 10.5. The summed E-state index contributed by atoms with van der Waals surface area (Å²) in [4.78, 5) is 24.7. The molecule has 3 aromatic carbocycles. The smallest absolute Gasteiger partial charge is 0.412 e. The van der Waals surface area contributed by atoms with Crippen molar-refractivity contribution in [3.8, 4) is 21.6 Å². The summed E-state index contributed by atoms with van der Waals surface area (Å²) < 4.78 is 25.3. The molecule has 0 radical (unpaired) electrons. The van der Waals surface area contributed by atoms with Gasteiger partial charge in [0.1, 0.15) is 11.9 Å². The van der Waals surface area contributed by atoms with Gasteiger partial charge < -0.3 is 9.84 Å². The standard InChI is InChI=1S/C29H24ClFN2O4S/c1-16-25(32-28(36)37-17(2)18-6-4-3-5-7-18)26(38-33-16)22-14-23(30)21(15-24(22)31)19-8-10-20(11-9-19)29(12-13-29)27(34)35/h3-11,14-15,17H,12-13H2,1-2H3,(H,32,36)(H,34,35)/t17-/m1/s1. The Morgan fingerprint density at radius 3 is 2.42 bits per heavy atom.